The molecule has 0 aromatic heterocycles. The Balaban J connectivity index is 3.08. The average molecular weight is 324 g/mol. The van der Waals surface area contributed by atoms with Crippen LogP contribution in [0.3, 0.4) is 0 Å². The number of thioether (sulfide) groups is 1. The molecule has 19 heavy (non-hydrogen) atoms. The van der Waals surface area contributed by atoms with Gasteiger partial charge in [-0.25, -0.2) is 17.9 Å². The van der Waals surface area contributed by atoms with Crippen LogP contribution in [0.25, 0.3) is 0 Å². The molecule has 0 spiro atoms. The molecule has 0 fully saturated rings. The van der Waals surface area contributed by atoms with E-state index in [1.807, 2.05) is 6.26 Å². The lowest BCUT2D eigenvalue weighted by Crippen LogP contribution is -2.34. The Morgan fingerprint density at radius 2 is 2.16 bits per heavy atom. The molecule has 8 heteroatoms. The number of carboxylic acid groups (broad SMARTS) is 1. The molecular formula is C11H14ClNO4S2. The number of hydrogen-bond donors (Lipinski definition) is 2. The summed E-state index contributed by atoms with van der Waals surface area (Å²) in [5.74, 6) is -0.641. The third-order valence-corrected chi connectivity index (χ3v) is 5.00. The predicted molar refractivity (Wildman–Crippen MR) is 76.6 cm³/mol. The third kappa shape index (κ3) is 4.38. The van der Waals surface area contributed by atoms with Gasteiger partial charge in [0.15, 0.2) is 0 Å². The van der Waals surface area contributed by atoms with Crippen molar-refractivity contribution in [3.05, 3.63) is 28.8 Å². The second-order valence-corrected chi connectivity index (χ2v) is 6.96. The average Bonchev–Trinajstić information content (AvgIpc) is 2.28. The van der Waals surface area contributed by atoms with Gasteiger partial charge in [0.05, 0.1) is 15.5 Å². The number of rotatable bonds is 6. The van der Waals surface area contributed by atoms with Gasteiger partial charge in [-0.3, -0.25) is 0 Å². The number of halogens is 1. The Hall–Kier alpha value is -0.760. The van der Waals surface area contributed by atoms with Gasteiger partial charge in [0.2, 0.25) is 10.0 Å². The second-order valence-electron chi connectivity index (χ2n) is 3.92. The quantitative estimate of drug-likeness (QED) is 0.837. The van der Waals surface area contributed by atoms with Gasteiger partial charge in [0.25, 0.3) is 0 Å². The van der Waals surface area contributed by atoms with Crippen LogP contribution in [0.1, 0.15) is 17.3 Å². The minimum absolute atomic E-state index is 0.00334. The fourth-order valence-electron chi connectivity index (χ4n) is 1.45. The first-order valence-corrected chi connectivity index (χ1v) is 8.57. The maximum atomic E-state index is 12.0. The van der Waals surface area contributed by atoms with E-state index < -0.39 is 16.0 Å². The summed E-state index contributed by atoms with van der Waals surface area (Å²) in [6.07, 6.45) is 1.87. The lowest BCUT2D eigenvalue weighted by molar-refractivity contribution is 0.0697. The van der Waals surface area contributed by atoms with Gasteiger partial charge >= 0.3 is 5.97 Å². The van der Waals surface area contributed by atoms with Crippen LogP contribution in [-0.2, 0) is 10.0 Å². The van der Waals surface area contributed by atoms with Gasteiger partial charge in [0, 0.05) is 11.8 Å². The Morgan fingerprint density at radius 1 is 1.53 bits per heavy atom. The molecule has 0 heterocycles. The number of nitrogens with one attached hydrogen (secondary N) is 1. The molecule has 0 amide bonds. The molecule has 0 aliphatic carbocycles. The third-order valence-electron chi connectivity index (χ3n) is 2.25. The van der Waals surface area contributed by atoms with E-state index in [1.165, 1.54) is 23.9 Å². The second kappa shape index (κ2) is 6.60. The smallest absolute Gasteiger partial charge is 0.337 e. The summed E-state index contributed by atoms with van der Waals surface area (Å²) in [6, 6.07) is 3.35. The summed E-state index contributed by atoms with van der Waals surface area (Å²) in [5.41, 5.74) is -0.234. The van der Waals surface area contributed by atoms with E-state index in [0.717, 1.165) is 6.07 Å². The maximum absolute atomic E-state index is 12.0. The van der Waals surface area contributed by atoms with Crippen LogP contribution in [0.15, 0.2) is 23.1 Å². The summed E-state index contributed by atoms with van der Waals surface area (Å²) in [7, 11) is -3.74. The van der Waals surface area contributed by atoms with Crippen LogP contribution in [0, 0.1) is 0 Å². The molecule has 0 bridgehead atoms. The Bertz CT molecular complexity index is 574. The summed E-state index contributed by atoms with van der Waals surface area (Å²) < 4.78 is 26.6. The Labute approximate surface area is 121 Å². The minimum atomic E-state index is -3.74. The highest BCUT2D eigenvalue weighted by Gasteiger charge is 2.20. The summed E-state index contributed by atoms with van der Waals surface area (Å²) in [4.78, 5) is 10.8. The van der Waals surface area contributed by atoms with E-state index in [4.69, 9.17) is 16.7 Å². The van der Waals surface area contributed by atoms with Crippen LogP contribution in [0.2, 0.25) is 5.02 Å². The number of carbonyl (C=O) groups is 1. The minimum Gasteiger partial charge on any atom is -0.478 e. The van der Waals surface area contributed by atoms with E-state index in [2.05, 4.69) is 4.72 Å². The molecule has 0 aliphatic heterocycles. The van der Waals surface area contributed by atoms with Crippen LogP contribution < -0.4 is 4.72 Å². The largest absolute Gasteiger partial charge is 0.478 e. The van der Waals surface area contributed by atoms with Crippen molar-refractivity contribution in [3.8, 4) is 0 Å². The van der Waals surface area contributed by atoms with E-state index in [9.17, 15) is 13.2 Å². The monoisotopic (exact) mass is 323 g/mol. The number of aromatic carboxylic acids is 1. The van der Waals surface area contributed by atoms with Crippen molar-refractivity contribution in [2.75, 3.05) is 12.0 Å². The molecule has 0 saturated carbocycles. The summed E-state index contributed by atoms with van der Waals surface area (Å²) in [6.45, 7) is 1.74. The lowest BCUT2D eigenvalue weighted by Gasteiger charge is -2.13. The standard InChI is InChI=1S/C11H14ClNO4S2/c1-7(6-18-2)13-19(16,17)8-3-4-10(12)9(5-8)11(14)15/h3-5,7,13H,6H2,1-2H3,(H,14,15). The molecule has 1 unspecified atom stereocenters. The Kier molecular flexibility index (Phi) is 5.66. The van der Waals surface area contributed by atoms with Gasteiger partial charge < -0.3 is 5.11 Å². The predicted octanol–water partition coefficient (Wildman–Crippen LogP) is 2.07. The van der Waals surface area contributed by atoms with Crippen molar-refractivity contribution in [2.45, 2.75) is 17.9 Å². The topological polar surface area (TPSA) is 83.5 Å². The first-order valence-electron chi connectivity index (χ1n) is 5.32. The van der Waals surface area contributed by atoms with Gasteiger partial charge in [-0.05, 0) is 31.4 Å². The van der Waals surface area contributed by atoms with Crippen molar-refractivity contribution >= 4 is 39.4 Å². The summed E-state index contributed by atoms with van der Waals surface area (Å²) >= 11 is 7.21. The maximum Gasteiger partial charge on any atom is 0.337 e. The molecule has 0 saturated heterocycles. The van der Waals surface area contributed by atoms with E-state index >= 15 is 0 Å². The van der Waals surface area contributed by atoms with Gasteiger partial charge in [-0.15, -0.1) is 0 Å². The zero-order valence-corrected chi connectivity index (χ0v) is 12.8. The molecule has 1 aromatic rings. The van der Waals surface area contributed by atoms with E-state index in [0.29, 0.717) is 5.75 Å². The van der Waals surface area contributed by atoms with Crippen molar-refractivity contribution in [1.82, 2.24) is 4.72 Å². The normalized spacial score (nSPS) is 13.2. The number of carboxylic acids is 1. The fraction of sp³-hybridized carbons (Fsp3) is 0.364. The molecule has 106 valence electrons. The van der Waals surface area contributed by atoms with Gasteiger partial charge in [-0.1, -0.05) is 11.6 Å². The van der Waals surface area contributed by atoms with E-state index in [1.54, 1.807) is 6.92 Å². The van der Waals surface area contributed by atoms with E-state index in [-0.39, 0.29) is 21.5 Å². The first kappa shape index (κ1) is 16.3. The van der Waals surface area contributed by atoms with Gasteiger partial charge in [-0.2, -0.15) is 11.8 Å². The zero-order chi connectivity index (χ0) is 14.6. The molecule has 5 nitrogen and oxygen atoms in total. The fourth-order valence-corrected chi connectivity index (χ4v) is 3.61. The lowest BCUT2D eigenvalue weighted by atomic mass is 10.2. The SMILES string of the molecule is CSCC(C)NS(=O)(=O)c1ccc(Cl)c(C(=O)O)c1. The van der Waals surface area contributed by atoms with Crippen LogP contribution in [0.5, 0.6) is 0 Å². The number of benzene rings is 1. The molecule has 1 aromatic carbocycles. The van der Waals surface area contributed by atoms with Crippen molar-refractivity contribution < 1.29 is 18.3 Å². The first-order chi connectivity index (χ1) is 8.77. The van der Waals surface area contributed by atoms with Crippen molar-refractivity contribution in [3.63, 3.8) is 0 Å². The molecular weight excluding hydrogens is 310 g/mol. The molecule has 0 radical (unpaired) electrons. The van der Waals surface area contributed by atoms with Crippen LogP contribution in [0.4, 0.5) is 0 Å². The van der Waals surface area contributed by atoms with Crippen molar-refractivity contribution in [1.29, 1.82) is 0 Å². The Morgan fingerprint density at radius 3 is 2.68 bits per heavy atom. The number of hydrogen-bond acceptors (Lipinski definition) is 4. The molecule has 1 rings (SSSR count). The number of sulfonamides is 1. The molecule has 2 N–H and O–H groups in total. The van der Waals surface area contributed by atoms with Crippen molar-refractivity contribution in [2.24, 2.45) is 0 Å². The van der Waals surface area contributed by atoms with Gasteiger partial charge in [0.1, 0.15) is 0 Å². The van der Waals surface area contributed by atoms with Crippen LogP contribution >= 0.6 is 23.4 Å². The summed E-state index contributed by atoms with van der Waals surface area (Å²) in [5, 5.41) is 8.92. The highest BCUT2D eigenvalue weighted by atomic mass is 35.5. The molecule has 1 atom stereocenters. The highest BCUT2D eigenvalue weighted by molar-refractivity contribution is 7.98. The van der Waals surface area contributed by atoms with Crippen LogP contribution in [-0.4, -0.2) is 37.5 Å². The highest BCUT2D eigenvalue weighted by Crippen LogP contribution is 2.20. The zero-order valence-electron chi connectivity index (χ0n) is 10.4. The molecule has 0 aliphatic rings.